The maximum atomic E-state index is 12.8. The molecule has 0 bridgehead atoms. The average molecular weight is 393 g/mol. The second-order valence-corrected chi connectivity index (χ2v) is 5.29. The Labute approximate surface area is 146 Å². The largest absolute Gasteiger partial charge is 0.507 e. The lowest BCUT2D eigenvalue weighted by atomic mass is 10.1. The summed E-state index contributed by atoms with van der Waals surface area (Å²) in [4.78, 5) is 23.0. The molecule has 5 nitrogen and oxygen atoms in total. The third-order valence-electron chi connectivity index (χ3n) is 3.33. The van der Waals surface area contributed by atoms with Gasteiger partial charge in [0.05, 0.1) is 11.1 Å². The summed E-state index contributed by atoms with van der Waals surface area (Å²) in [7, 11) is 0. The highest BCUT2D eigenvalue weighted by atomic mass is 19.4. The number of nitrogens with one attached hydrogen (secondary N) is 1. The van der Waals surface area contributed by atoms with Crippen LogP contribution in [0.5, 0.6) is 5.75 Å². The van der Waals surface area contributed by atoms with E-state index in [-0.39, 0.29) is 6.07 Å². The quantitative estimate of drug-likeness (QED) is 0.676. The van der Waals surface area contributed by atoms with Gasteiger partial charge in [-0.1, -0.05) is 0 Å². The maximum absolute atomic E-state index is 12.8. The Kier molecular flexibility index (Phi) is 5.07. The molecule has 1 amide bonds. The van der Waals surface area contributed by atoms with Gasteiger partial charge in [-0.3, -0.25) is 4.79 Å². The van der Waals surface area contributed by atoms with E-state index in [1.54, 1.807) is 0 Å². The Morgan fingerprint density at radius 3 is 1.81 bits per heavy atom. The number of carboxylic acid groups (broad SMARTS) is 1. The van der Waals surface area contributed by atoms with Gasteiger partial charge in [-0.05, 0) is 36.4 Å². The Bertz CT molecular complexity index is 873. The van der Waals surface area contributed by atoms with Crippen molar-refractivity contribution >= 4 is 17.6 Å². The zero-order valence-corrected chi connectivity index (χ0v) is 12.9. The normalized spacial score (nSPS) is 11.9. The molecule has 0 saturated carbocycles. The fraction of sp³-hybridized carbons (Fsp3) is 0.125. The van der Waals surface area contributed by atoms with Crippen LogP contribution in [0.25, 0.3) is 0 Å². The topological polar surface area (TPSA) is 86.6 Å². The first-order valence-corrected chi connectivity index (χ1v) is 6.96. The molecular weight excluding hydrogens is 384 g/mol. The summed E-state index contributed by atoms with van der Waals surface area (Å²) in [6.07, 6.45) is -10.2. The maximum Gasteiger partial charge on any atom is 0.416 e. The summed E-state index contributed by atoms with van der Waals surface area (Å²) >= 11 is 0. The minimum Gasteiger partial charge on any atom is -0.507 e. The number of carbonyl (C=O) groups is 2. The molecule has 0 aliphatic rings. The van der Waals surface area contributed by atoms with Crippen LogP contribution in [0.3, 0.4) is 0 Å². The van der Waals surface area contributed by atoms with E-state index >= 15 is 0 Å². The Morgan fingerprint density at radius 2 is 1.37 bits per heavy atom. The number of rotatable bonds is 3. The molecule has 2 aromatic rings. The fourth-order valence-corrected chi connectivity index (χ4v) is 2.08. The minimum absolute atomic E-state index is 0.0985. The first-order valence-electron chi connectivity index (χ1n) is 6.96. The zero-order chi connectivity index (χ0) is 20.6. The molecular formula is C16H9F6NO4. The van der Waals surface area contributed by atoms with Gasteiger partial charge in [0.2, 0.25) is 0 Å². The predicted molar refractivity (Wildman–Crippen MR) is 79.5 cm³/mol. The van der Waals surface area contributed by atoms with E-state index in [0.717, 1.165) is 18.2 Å². The van der Waals surface area contributed by atoms with Gasteiger partial charge in [0.1, 0.15) is 11.3 Å². The molecule has 0 spiro atoms. The van der Waals surface area contributed by atoms with E-state index < -0.39 is 57.9 Å². The second-order valence-electron chi connectivity index (χ2n) is 5.29. The molecule has 3 N–H and O–H groups in total. The number of amides is 1. The van der Waals surface area contributed by atoms with Gasteiger partial charge >= 0.3 is 18.3 Å². The monoisotopic (exact) mass is 393 g/mol. The van der Waals surface area contributed by atoms with Crippen LogP contribution in [0.1, 0.15) is 31.8 Å². The van der Waals surface area contributed by atoms with Gasteiger partial charge in [-0.15, -0.1) is 0 Å². The van der Waals surface area contributed by atoms with Crippen molar-refractivity contribution in [3.8, 4) is 5.75 Å². The van der Waals surface area contributed by atoms with Crippen molar-refractivity contribution in [3.05, 3.63) is 58.7 Å². The molecule has 0 aromatic heterocycles. The number of carboxylic acids is 1. The number of anilines is 1. The number of benzene rings is 2. The van der Waals surface area contributed by atoms with Crippen molar-refractivity contribution in [1.82, 2.24) is 0 Å². The Hall–Kier alpha value is -3.24. The molecule has 0 radical (unpaired) electrons. The molecule has 0 fully saturated rings. The molecule has 2 aromatic carbocycles. The highest BCUT2D eigenvalue weighted by molar-refractivity contribution is 6.06. The van der Waals surface area contributed by atoms with E-state index in [0.29, 0.717) is 12.1 Å². The Morgan fingerprint density at radius 1 is 0.852 bits per heavy atom. The number of carbonyl (C=O) groups excluding carboxylic acids is 1. The average Bonchev–Trinajstić information content (AvgIpc) is 2.53. The number of alkyl halides is 6. The lowest BCUT2D eigenvalue weighted by molar-refractivity contribution is -0.143. The molecule has 2 rings (SSSR count). The summed E-state index contributed by atoms with van der Waals surface area (Å²) in [6, 6.07) is 3.06. The summed E-state index contributed by atoms with van der Waals surface area (Å²) in [5.74, 6) is -3.41. The van der Waals surface area contributed by atoms with Crippen molar-refractivity contribution in [2.24, 2.45) is 0 Å². The van der Waals surface area contributed by atoms with Crippen molar-refractivity contribution in [3.63, 3.8) is 0 Å². The molecule has 0 aliphatic heterocycles. The minimum atomic E-state index is -5.09. The molecule has 0 atom stereocenters. The van der Waals surface area contributed by atoms with Gasteiger partial charge in [-0.2, -0.15) is 26.3 Å². The molecule has 0 heterocycles. The predicted octanol–water partition coefficient (Wildman–Crippen LogP) is 4.38. The van der Waals surface area contributed by atoms with Gasteiger partial charge in [0.15, 0.2) is 0 Å². The smallest absolute Gasteiger partial charge is 0.416 e. The highest BCUT2D eigenvalue weighted by Crippen LogP contribution is 2.37. The van der Waals surface area contributed by atoms with Gasteiger partial charge in [0.25, 0.3) is 5.91 Å². The first-order chi connectivity index (χ1) is 12.3. The van der Waals surface area contributed by atoms with Crippen LogP contribution in [0.15, 0.2) is 36.4 Å². The van der Waals surface area contributed by atoms with E-state index in [1.807, 2.05) is 5.32 Å². The van der Waals surface area contributed by atoms with Crippen LogP contribution in [-0.2, 0) is 12.4 Å². The highest BCUT2D eigenvalue weighted by Gasteiger charge is 2.37. The lowest BCUT2D eigenvalue weighted by Gasteiger charge is -2.15. The van der Waals surface area contributed by atoms with E-state index in [1.165, 1.54) is 0 Å². The summed E-state index contributed by atoms with van der Waals surface area (Å²) < 4.78 is 76.9. The number of hydrogen-bond donors (Lipinski definition) is 3. The number of phenols is 1. The molecule has 0 saturated heterocycles. The van der Waals surface area contributed by atoms with E-state index in [9.17, 15) is 41.0 Å². The van der Waals surface area contributed by atoms with Gasteiger partial charge in [-0.25, -0.2) is 4.79 Å². The van der Waals surface area contributed by atoms with Gasteiger partial charge in [0, 0.05) is 11.3 Å². The van der Waals surface area contributed by atoms with E-state index in [4.69, 9.17) is 5.11 Å². The molecule has 0 aliphatic carbocycles. The third-order valence-corrected chi connectivity index (χ3v) is 3.33. The second kappa shape index (κ2) is 6.82. The van der Waals surface area contributed by atoms with Crippen LogP contribution >= 0.6 is 0 Å². The number of aromatic hydroxyl groups is 1. The fourth-order valence-electron chi connectivity index (χ4n) is 2.08. The van der Waals surface area contributed by atoms with E-state index in [2.05, 4.69) is 0 Å². The van der Waals surface area contributed by atoms with Crippen LogP contribution in [-0.4, -0.2) is 22.1 Å². The molecule has 144 valence electrons. The zero-order valence-electron chi connectivity index (χ0n) is 12.9. The van der Waals surface area contributed by atoms with Gasteiger partial charge < -0.3 is 15.5 Å². The van der Waals surface area contributed by atoms with Crippen LogP contribution in [0, 0.1) is 0 Å². The van der Waals surface area contributed by atoms with Crippen molar-refractivity contribution in [2.75, 3.05) is 5.32 Å². The summed E-state index contributed by atoms with van der Waals surface area (Å²) in [6.45, 7) is 0. The molecule has 0 unspecified atom stereocenters. The van der Waals surface area contributed by atoms with Crippen molar-refractivity contribution in [2.45, 2.75) is 12.4 Å². The summed E-state index contributed by atoms with van der Waals surface area (Å²) in [5.41, 5.74) is -5.08. The van der Waals surface area contributed by atoms with Crippen LogP contribution < -0.4 is 5.32 Å². The van der Waals surface area contributed by atoms with Crippen LogP contribution in [0.2, 0.25) is 0 Å². The number of hydrogen-bond acceptors (Lipinski definition) is 3. The lowest BCUT2D eigenvalue weighted by Crippen LogP contribution is -2.16. The van der Waals surface area contributed by atoms with Crippen molar-refractivity contribution < 1.29 is 46.1 Å². The third kappa shape index (κ3) is 4.68. The molecule has 11 heteroatoms. The number of halogens is 6. The Balaban J connectivity index is 2.43. The standard InChI is InChI=1S/C16H9F6NO4/c17-15(18,19)8-4-9(16(20,21)22)6-10(5-8)23-13(25)7-1-2-12(24)11(3-7)14(26)27/h1-6,24H,(H,23,25)(H,26,27). The molecule has 27 heavy (non-hydrogen) atoms. The first kappa shape index (κ1) is 20.1. The van der Waals surface area contributed by atoms with Crippen molar-refractivity contribution in [1.29, 1.82) is 0 Å². The SMILES string of the molecule is O=C(Nc1cc(C(F)(F)F)cc(C(F)(F)F)c1)c1ccc(O)c(C(=O)O)c1. The van der Waals surface area contributed by atoms with Crippen LogP contribution in [0.4, 0.5) is 32.0 Å². The summed E-state index contributed by atoms with van der Waals surface area (Å²) in [5, 5.41) is 20.1. The number of aromatic carboxylic acids is 1.